The standard InChI is InChI=1S/C18H19F3N2O5S/c1-27-14-8-9-15(16(10-14)28-2)22-17(24)11-23(29(3,25)26)13-6-4-12(5-7-13)18(19,20)21/h4-10H,11H2,1-3H3,(H,22,24). The number of anilines is 2. The molecule has 0 spiro atoms. The Balaban J connectivity index is 2.24. The van der Waals surface area contributed by atoms with Crippen LogP contribution in [0.5, 0.6) is 11.5 Å². The van der Waals surface area contributed by atoms with Crippen LogP contribution in [0.3, 0.4) is 0 Å². The van der Waals surface area contributed by atoms with Crippen molar-refractivity contribution < 1.29 is 35.9 Å². The van der Waals surface area contributed by atoms with E-state index < -0.39 is 34.2 Å². The third-order valence-electron chi connectivity index (χ3n) is 3.85. The van der Waals surface area contributed by atoms with Crippen LogP contribution in [0.1, 0.15) is 5.56 Å². The Labute approximate surface area is 166 Å². The molecule has 7 nitrogen and oxygen atoms in total. The van der Waals surface area contributed by atoms with E-state index in [1.54, 1.807) is 6.07 Å². The number of nitrogens with one attached hydrogen (secondary N) is 1. The largest absolute Gasteiger partial charge is 0.497 e. The lowest BCUT2D eigenvalue weighted by molar-refractivity contribution is -0.137. The molecule has 1 amide bonds. The molecule has 158 valence electrons. The molecule has 0 atom stereocenters. The Hall–Kier alpha value is -2.95. The lowest BCUT2D eigenvalue weighted by Crippen LogP contribution is -2.37. The van der Waals surface area contributed by atoms with Gasteiger partial charge in [-0.05, 0) is 36.4 Å². The molecule has 0 fully saturated rings. The van der Waals surface area contributed by atoms with Gasteiger partial charge < -0.3 is 14.8 Å². The van der Waals surface area contributed by atoms with E-state index in [9.17, 15) is 26.4 Å². The number of carbonyl (C=O) groups is 1. The van der Waals surface area contributed by atoms with Crippen molar-refractivity contribution >= 4 is 27.3 Å². The molecule has 11 heteroatoms. The minimum atomic E-state index is -4.56. The SMILES string of the molecule is COc1ccc(NC(=O)CN(c2ccc(C(F)(F)F)cc2)S(C)(=O)=O)c(OC)c1. The van der Waals surface area contributed by atoms with Crippen molar-refractivity contribution in [3.63, 3.8) is 0 Å². The zero-order valence-electron chi connectivity index (χ0n) is 15.8. The van der Waals surface area contributed by atoms with Gasteiger partial charge in [-0.25, -0.2) is 8.42 Å². The van der Waals surface area contributed by atoms with Crippen LogP contribution < -0.4 is 19.1 Å². The fourth-order valence-electron chi connectivity index (χ4n) is 2.44. The minimum absolute atomic E-state index is 0.0719. The Morgan fingerprint density at radius 2 is 1.69 bits per heavy atom. The lowest BCUT2D eigenvalue weighted by atomic mass is 10.2. The number of benzene rings is 2. The monoisotopic (exact) mass is 432 g/mol. The molecule has 2 aromatic carbocycles. The van der Waals surface area contributed by atoms with E-state index in [0.717, 1.165) is 30.5 Å². The Kier molecular flexibility index (Phi) is 6.62. The van der Waals surface area contributed by atoms with Crippen LogP contribution in [0, 0.1) is 0 Å². The van der Waals surface area contributed by atoms with Crippen LogP contribution in [0.25, 0.3) is 0 Å². The fourth-order valence-corrected chi connectivity index (χ4v) is 3.30. The van der Waals surface area contributed by atoms with Gasteiger partial charge in [0.2, 0.25) is 15.9 Å². The van der Waals surface area contributed by atoms with E-state index in [-0.39, 0.29) is 17.1 Å². The van der Waals surface area contributed by atoms with Crippen LogP contribution in [0.15, 0.2) is 42.5 Å². The summed E-state index contributed by atoms with van der Waals surface area (Å²) in [4.78, 5) is 12.4. The van der Waals surface area contributed by atoms with E-state index in [2.05, 4.69) is 5.32 Å². The lowest BCUT2D eigenvalue weighted by Gasteiger charge is -2.22. The molecular formula is C18H19F3N2O5S. The molecule has 0 radical (unpaired) electrons. The Morgan fingerprint density at radius 1 is 1.07 bits per heavy atom. The second kappa shape index (κ2) is 8.60. The van der Waals surface area contributed by atoms with Crippen molar-refractivity contribution in [2.45, 2.75) is 6.18 Å². The number of halogens is 3. The first-order valence-electron chi connectivity index (χ1n) is 8.12. The number of amides is 1. The normalized spacial score (nSPS) is 11.7. The van der Waals surface area contributed by atoms with Gasteiger partial charge in [0.1, 0.15) is 18.0 Å². The average molecular weight is 432 g/mol. The van der Waals surface area contributed by atoms with Crippen LogP contribution in [0.4, 0.5) is 24.5 Å². The van der Waals surface area contributed by atoms with Gasteiger partial charge in [-0.1, -0.05) is 0 Å². The summed E-state index contributed by atoms with van der Waals surface area (Å²) in [6, 6.07) is 8.09. The highest BCUT2D eigenvalue weighted by Crippen LogP contribution is 2.31. The van der Waals surface area contributed by atoms with Crippen molar-refractivity contribution in [3.8, 4) is 11.5 Å². The molecule has 0 aliphatic rings. The summed E-state index contributed by atoms with van der Waals surface area (Å²) in [6.45, 7) is -0.640. The highest BCUT2D eigenvalue weighted by Gasteiger charge is 2.31. The summed E-state index contributed by atoms with van der Waals surface area (Å²) in [5.41, 5.74) is -0.723. The third-order valence-corrected chi connectivity index (χ3v) is 4.99. The minimum Gasteiger partial charge on any atom is -0.497 e. The van der Waals surface area contributed by atoms with Gasteiger partial charge in [-0.2, -0.15) is 13.2 Å². The third kappa shape index (κ3) is 5.76. The summed E-state index contributed by atoms with van der Waals surface area (Å²) < 4.78 is 73.3. The molecule has 2 rings (SSSR count). The van der Waals surface area contributed by atoms with Crippen molar-refractivity contribution in [3.05, 3.63) is 48.0 Å². The summed E-state index contributed by atoms with van der Waals surface area (Å²) in [6.07, 6.45) is -3.71. The molecule has 0 heterocycles. The summed E-state index contributed by atoms with van der Waals surface area (Å²) in [5.74, 6) is 0.0688. The van der Waals surface area contributed by atoms with Crippen LogP contribution >= 0.6 is 0 Å². The second-order valence-electron chi connectivity index (χ2n) is 5.93. The van der Waals surface area contributed by atoms with E-state index >= 15 is 0 Å². The molecule has 0 aliphatic heterocycles. The summed E-state index contributed by atoms with van der Waals surface area (Å²) in [5, 5.41) is 2.52. The first kappa shape index (κ1) is 22.3. The first-order valence-corrected chi connectivity index (χ1v) is 9.97. The molecule has 0 aromatic heterocycles. The van der Waals surface area contributed by atoms with E-state index in [1.807, 2.05) is 0 Å². The molecule has 2 aromatic rings. The summed E-state index contributed by atoms with van der Waals surface area (Å²) >= 11 is 0. The van der Waals surface area contributed by atoms with Crippen molar-refractivity contribution in [2.24, 2.45) is 0 Å². The highest BCUT2D eigenvalue weighted by molar-refractivity contribution is 7.92. The number of hydrogen-bond donors (Lipinski definition) is 1. The molecule has 0 unspecified atom stereocenters. The van der Waals surface area contributed by atoms with E-state index in [4.69, 9.17) is 9.47 Å². The second-order valence-corrected chi connectivity index (χ2v) is 7.84. The smallest absolute Gasteiger partial charge is 0.416 e. The molecule has 29 heavy (non-hydrogen) atoms. The maximum Gasteiger partial charge on any atom is 0.416 e. The Morgan fingerprint density at radius 3 is 2.17 bits per heavy atom. The predicted molar refractivity (Wildman–Crippen MR) is 102 cm³/mol. The number of methoxy groups -OCH3 is 2. The topological polar surface area (TPSA) is 84.9 Å². The number of rotatable bonds is 7. The van der Waals surface area contributed by atoms with Crippen LogP contribution in [-0.4, -0.2) is 41.3 Å². The predicted octanol–water partition coefficient (Wildman–Crippen LogP) is 3.13. The molecule has 0 bridgehead atoms. The fraction of sp³-hybridized carbons (Fsp3) is 0.278. The maximum absolute atomic E-state index is 12.7. The zero-order valence-corrected chi connectivity index (χ0v) is 16.6. The quantitative estimate of drug-likeness (QED) is 0.727. The van der Waals surface area contributed by atoms with E-state index in [0.29, 0.717) is 10.1 Å². The van der Waals surface area contributed by atoms with Gasteiger partial charge >= 0.3 is 6.18 Å². The number of nitrogens with zero attached hydrogens (tertiary/aromatic N) is 1. The first-order chi connectivity index (χ1) is 13.5. The van der Waals surface area contributed by atoms with Crippen LogP contribution in [0.2, 0.25) is 0 Å². The number of alkyl halides is 3. The van der Waals surface area contributed by atoms with Gasteiger partial charge in [0, 0.05) is 6.07 Å². The van der Waals surface area contributed by atoms with Crippen molar-refractivity contribution in [1.82, 2.24) is 0 Å². The molecule has 0 saturated heterocycles. The van der Waals surface area contributed by atoms with Gasteiger partial charge in [0.05, 0.1) is 37.4 Å². The molecule has 0 saturated carbocycles. The summed E-state index contributed by atoms with van der Waals surface area (Å²) in [7, 11) is -1.10. The molecule has 1 N–H and O–H groups in total. The maximum atomic E-state index is 12.7. The number of ether oxygens (including phenoxy) is 2. The number of sulfonamides is 1. The van der Waals surface area contributed by atoms with Gasteiger partial charge in [-0.15, -0.1) is 0 Å². The van der Waals surface area contributed by atoms with Crippen LogP contribution in [-0.2, 0) is 21.0 Å². The molecule has 0 aliphatic carbocycles. The molecular weight excluding hydrogens is 413 g/mol. The van der Waals surface area contributed by atoms with Gasteiger partial charge in [0.25, 0.3) is 0 Å². The van der Waals surface area contributed by atoms with Gasteiger partial charge in [0.15, 0.2) is 0 Å². The average Bonchev–Trinajstić information content (AvgIpc) is 2.65. The zero-order chi connectivity index (χ0) is 21.8. The Bertz CT molecular complexity index is 976. The van der Waals surface area contributed by atoms with Gasteiger partial charge in [-0.3, -0.25) is 9.10 Å². The highest BCUT2D eigenvalue weighted by atomic mass is 32.2. The van der Waals surface area contributed by atoms with Crippen molar-refractivity contribution in [1.29, 1.82) is 0 Å². The van der Waals surface area contributed by atoms with E-state index in [1.165, 1.54) is 26.4 Å². The number of hydrogen-bond acceptors (Lipinski definition) is 5. The number of carbonyl (C=O) groups excluding carboxylic acids is 1. The van der Waals surface area contributed by atoms with Crippen molar-refractivity contribution in [2.75, 3.05) is 36.6 Å².